The van der Waals surface area contributed by atoms with Gasteiger partial charge in [0.15, 0.2) is 0 Å². The summed E-state index contributed by atoms with van der Waals surface area (Å²) >= 11 is 0. The Labute approximate surface area is 205 Å². The van der Waals surface area contributed by atoms with Crippen LogP contribution in [0.4, 0.5) is 4.79 Å². The number of likely N-dealkylation sites (tertiary alicyclic amines) is 1. The van der Waals surface area contributed by atoms with E-state index >= 15 is 0 Å². The first-order chi connectivity index (χ1) is 17.1. The Kier molecular flexibility index (Phi) is 8.51. The van der Waals surface area contributed by atoms with E-state index in [1.807, 2.05) is 65.6 Å². The third-order valence-electron chi connectivity index (χ3n) is 6.26. The lowest BCUT2D eigenvalue weighted by atomic mass is 10.1. The van der Waals surface area contributed by atoms with Crippen LogP contribution in [0.1, 0.15) is 23.2 Å². The monoisotopic (exact) mass is 476 g/mol. The summed E-state index contributed by atoms with van der Waals surface area (Å²) in [7, 11) is 1.40. The van der Waals surface area contributed by atoms with Gasteiger partial charge in [-0.25, -0.2) is 9.78 Å². The number of imidazole rings is 1. The maximum atomic E-state index is 12.6. The molecule has 184 valence electrons. The molecule has 1 amide bonds. The molecule has 2 heterocycles. The van der Waals surface area contributed by atoms with Crippen molar-refractivity contribution in [2.75, 3.05) is 20.2 Å². The van der Waals surface area contributed by atoms with Gasteiger partial charge in [0.25, 0.3) is 0 Å². The lowest BCUT2D eigenvalue weighted by Crippen LogP contribution is -2.44. The molecule has 0 unspecified atom stereocenters. The molecule has 0 radical (unpaired) electrons. The number of nitrogens with one attached hydrogen (secondary N) is 1. The van der Waals surface area contributed by atoms with Crippen molar-refractivity contribution in [3.05, 3.63) is 90.0 Å². The number of carbonyl (C=O) groups is 2. The van der Waals surface area contributed by atoms with Crippen molar-refractivity contribution >= 4 is 12.1 Å². The number of alkyl carbamates (subject to hydrolysis) is 1. The van der Waals surface area contributed by atoms with Crippen LogP contribution >= 0.6 is 0 Å². The molecule has 4 rings (SSSR count). The number of nitrogens with zero attached hydrogens (tertiary/aromatic N) is 3. The third-order valence-corrected chi connectivity index (χ3v) is 6.26. The number of amides is 1. The Morgan fingerprint density at radius 3 is 2.51 bits per heavy atom. The zero-order chi connectivity index (χ0) is 24.5. The molecule has 0 spiro atoms. The molecule has 1 aliphatic rings. The fourth-order valence-electron chi connectivity index (χ4n) is 4.35. The lowest BCUT2D eigenvalue weighted by molar-refractivity contribution is -0.146. The van der Waals surface area contributed by atoms with Crippen molar-refractivity contribution < 1.29 is 19.1 Å². The SMILES string of the molecule is COC(=O)[C@H](Cc1cn(CCc2ccccc2)cn1)N1CC[C@H](NC(=O)OCc2ccccc2)C1. The van der Waals surface area contributed by atoms with Gasteiger partial charge in [0.05, 0.1) is 19.1 Å². The molecule has 0 aliphatic carbocycles. The molecule has 2 atom stereocenters. The zero-order valence-electron chi connectivity index (χ0n) is 20.0. The van der Waals surface area contributed by atoms with Crippen LogP contribution in [-0.2, 0) is 40.3 Å². The van der Waals surface area contributed by atoms with Gasteiger partial charge in [-0.2, -0.15) is 0 Å². The Morgan fingerprint density at radius 2 is 1.80 bits per heavy atom. The molecule has 1 aromatic heterocycles. The van der Waals surface area contributed by atoms with Crippen LogP contribution < -0.4 is 5.32 Å². The normalized spacial score (nSPS) is 16.5. The average molecular weight is 477 g/mol. The minimum absolute atomic E-state index is 0.0890. The summed E-state index contributed by atoms with van der Waals surface area (Å²) in [5, 5.41) is 2.92. The van der Waals surface area contributed by atoms with E-state index < -0.39 is 12.1 Å². The number of aromatic nitrogens is 2. The molecular weight excluding hydrogens is 444 g/mol. The quantitative estimate of drug-likeness (QED) is 0.453. The van der Waals surface area contributed by atoms with E-state index in [-0.39, 0.29) is 18.6 Å². The highest BCUT2D eigenvalue weighted by molar-refractivity contribution is 5.76. The molecule has 35 heavy (non-hydrogen) atoms. The Morgan fingerprint density at radius 1 is 1.09 bits per heavy atom. The molecular formula is C27H32N4O4. The molecule has 1 aliphatic heterocycles. The van der Waals surface area contributed by atoms with Crippen molar-refractivity contribution in [1.29, 1.82) is 0 Å². The van der Waals surface area contributed by atoms with Crippen molar-refractivity contribution in [2.45, 2.75) is 44.5 Å². The predicted octanol–water partition coefficient (Wildman–Crippen LogP) is 3.21. The van der Waals surface area contributed by atoms with Crippen LogP contribution in [0.15, 0.2) is 73.2 Å². The molecule has 1 N–H and O–H groups in total. The van der Waals surface area contributed by atoms with Crippen molar-refractivity contribution in [3.63, 3.8) is 0 Å². The highest BCUT2D eigenvalue weighted by Gasteiger charge is 2.34. The molecule has 1 fully saturated rings. The fraction of sp³-hybridized carbons (Fsp3) is 0.370. The van der Waals surface area contributed by atoms with Gasteiger partial charge in [-0.1, -0.05) is 60.7 Å². The number of hydrogen-bond donors (Lipinski definition) is 1. The Balaban J connectivity index is 1.28. The second-order valence-electron chi connectivity index (χ2n) is 8.77. The Bertz CT molecular complexity index is 1090. The summed E-state index contributed by atoms with van der Waals surface area (Å²) in [4.78, 5) is 31.4. The summed E-state index contributed by atoms with van der Waals surface area (Å²) in [6.45, 7) is 2.27. The van der Waals surface area contributed by atoms with Gasteiger partial charge in [0.1, 0.15) is 12.6 Å². The summed E-state index contributed by atoms with van der Waals surface area (Å²) < 4.78 is 12.5. The number of benzene rings is 2. The number of carbonyl (C=O) groups excluding carboxylic acids is 2. The van der Waals surface area contributed by atoms with E-state index in [4.69, 9.17) is 9.47 Å². The number of methoxy groups -OCH3 is 1. The minimum atomic E-state index is -0.454. The zero-order valence-corrected chi connectivity index (χ0v) is 20.0. The van der Waals surface area contributed by atoms with Crippen molar-refractivity contribution in [2.24, 2.45) is 0 Å². The number of ether oxygens (including phenoxy) is 2. The fourth-order valence-corrected chi connectivity index (χ4v) is 4.35. The highest BCUT2D eigenvalue weighted by Crippen LogP contribution is 2.18. The highest BCUT2D eigenvalue weighted by atomic mass is 16.5. The van der Waals surface area contributed by atoms with Crippen LogP contribution in [0.2, 0.25) is 0 Å². The second kappa shape index (κ2) is 12.2. The molecule has 8 nitrogen and oxygen atoms in total. The van der Waals surface area contributed by atoms with E-state index in [1.165, 1.54) is 12.7 Å². The van der Waals surface area contributed by atoms with Gasteiger partial charge in [0, 0.05) is 38.3 Å². The standard InChI is InChI=1S/C27H32N4O4/c1-34-26(32)25(16-24-17-30(20-28-24)14-12-21-8-4-2-5-9-21)31-15-13-23(18-31)29-27(33)35-19-22-10-6-3-7-11-22/h2-11,17,20,23,25H,12-16,18-19H2,1H3,(H,29,33)/t23-,25-/m0/s1. The van der Waals surface area contributed by atoms with Gasteiger partial charge in [-0.05, 0) is 24.0 Å². The molecule has 8 heteroatoms. The maximum Gasteiger partial charge on any atom is 0.407 e. The topological polar surface area (TPSA) is 85.7 Å². The van der Waals surface area contributed by atoms with Crippen molar-refractivity contribution in [1.82, 2.24) is 19.8 Å². The first-order valence-electron chi connectivity index (χ1n) is 11.9. The maximum absolute atomic E-state index is 12.6. The van der Waals surface area contributed by atoms with Gasteiger partial charge < -0.3 is 19.4 Å². The van der Waals surface area contributed by atoms with Crippen LogP contribution in [0.5, 0.6) is 0 Å². The third kappa shape index (κ3) is 7.16. The van der Waals surface area contributed by atoms with Gasteiger partial charge >= 0.3 is 12.1 Å². The summed E-state index contributed by atoms with van der Waals surface area (Å²) in [6, 6.07) is 19.3. The van der Waals surface area contributed by atoms with E-state index in [9.17, 15) is 9.59 Å². The number of hydrogen-bond acceptors (Lipinski definition) is 6. The predicted molar refractivity (Wildman–Crippen MR) is 132 cm³/mol. The summed E-state index contributed by atoms with van der Waals surface area (Å²) in [5.74, 6) is -0.295. The second-order valence-corrected chi connectivity index (χ2v) is 8.77. The largest absolute Gasteiger partial charge is 0.468 e. The van der Waals surface area contributed by atoms with Gasteiger partial charge in [-0.15, -0.1) is 0 Å². The number of rotatable bonds is 10. The van der Waals surface area contributed by atoms with Crippen LogP contribution in [-0.4, -0.2) is 58.8 Å². The summed E-state index contributed by atoms with van der Waals surface area (Å²) in [5.41, 5.74) is 3.05. The first kappa shape index (κ1) is 24.5. The van der Waals surface area contributed by atoms with E-state index in [0.29, 0.717) is 19.5 Å². The molecule has 2 aromatic carbocycles. The van der Waals surface area contributed by atoms with Crippen molar-refractivity contribution in [3.8, 4) is 0 Å². The number of aryl methyl sites for hydroxylation is 2. The molecule has 0 bridgehead atoms. The number of esters is 1. The van der Waals surface area contributed by atoms with Crippen LogP contribution in [0.25, 0.3) is 0 Å². The van der Waals surface area contributed by atoms with E-state index in [2.05, 4.69) is 27.3 Å². The first-order valence-corrected chi connectivity index (χ1v) is 11.9. The van der Waals surface area contributed by atoms with E-state index in [1.54, 1.807) is 0 Å². The smallest absolute Gasteiger partial charge is 0.407 e. The lowest BCUT2D eigenvalue weighted by Gasteiger charge is -2.25. The van der Waals surface area contributed by atoms with E-state index in [0.717, 1.165) is 30.6 Å². The molecule has 3 aromatic rings. The average Bonchev–Trinajstić information content (AvgIpc) is 3.55. The minimum Gasteiger partial charge on any atom is -0.468 e. The molecule has 0 saturated carbocycles. The Hall–Kier alpha value is -3.65. The van der Waals surface area contributed by atoms with Gasteiger partial charge in [-0.3, -0.25) is 9.69 Å². The van der Waals surface area contributed by atoms with Crippen LogP contribution in [0.3, 0.4) is 0 Å². The van der Waals surface area contributed by atoms with Gasteiger partial charge in [0.2, 0.25) is 0 Å². The summed E-state index contributed by atoms with van der Waals surface area (Å²) in [6.07, 6.45) is 5.45. The van der Waals surface area contributed by atoms with Crippen LogP contribution in [0, 0.1) is 0 Å². The molecule has 1 saturated heterocycles.